The van der Waals surface area contributed by atoms with Crippen LogP contribution in [0.15, 0.2) is 30.3 Å². The molecule has 3 rings (SSSR count). The van der Waals surface area contributed by atoms with Gasteiger partial charge in [-0.2, -0.15) is 15.5 Å². The lowest BCUT2D eigenvalue weighted by Crippen LogP contribution is -2.17. The lowest BCUT2D eigenvalue weighted by atomic mass is 10.2. The molecule has 2 heterocycles. The molecule has 1 N–H and O–H groups in total. The summed E-state index contributed by atoms with van der Waals surface area (Å²) >= 11 is 6.40. The highest BCUT2D eigenvalue weighted by molar-refractivity contribution is 6.33. The van der Waals surface area contributed by atoms with Crippen LogP contribution in [-0.2, 0) is 13.1 Å². The van der Waals surface area contributed by atoms with E-state index in [1.807, 2.05) is 0 Å². The molecule has 0 atom stereocenters. The summed E-state index contributed by atoms with van der Waals surface area (Å²) in [6, 6.07) is 9.77. The fourth-order valence-corrected chi connectivity index (χ4v) is 3.15. The van der Waals surface area contributed by atoms with E-state index in [1.165, 1.54) is 16.8 Å². The molecular formula is C19H18ClFN6O. The number of nitriles is 1. The highest BCUT2D eigenvalue weighted by Gasteiger charge is 2.22. The van der Waals surface area contributed by atoms with Crippen LogP contribution in [0, 0.1) is 31.0 Å². The average Bonchev–Trinajstić information content (AvgIpc) is 3.13. The van der Waals surface area contributed by atoms with Crippen molar-refractivity contribution >= 4 is 23.3 Å². The molecule has 1 amide bonds. The average molecular weight is 401 g/mol. The molecule has 0 saturated carbocycles. The van der Waals surface area contributed by atoms with Crippen LogP contribution in [0.3, 0.4) is 0 Å². The number of aryl methyl sites for hydroxylation is 3. The Morgan fingerprint density at radius 1 is 1.25 bits per heavy atom. The SMILES string of the molecule is Cc1cc(NC(=O)c2c(C)nn(Cc3ccc(F)cc3)c2Cl)n(CCC#N)n1. The van der Waals surface area contributed by atoms with E-state index in [2.05, 4.69) is 21.6 Å². The monoisotopic (exact) mass is 400 g/mol. The van der Waals surface area contributed by atoms with Gasteiger partial charge in [-0.25, -0.2) is 13.8 Å². The summed E-state index contributed by atoms with van der Waals surface area (Å²) in [7, 11) is 0. The maximum Gasteiger partial charge on any atom is 0.261 e. The third-order valence-corrected chi connectivity index (χ3v) is 4.50. The number of nitrogens with one attached hydrogen (secondary N) is 1. The molecule has 0 saturated heterocycles. The normalized spacial score (nSPS) is 10.7. The van der Waals surface area contributed by atoms with Gasteiger partial charge in [0.15, 0.2) is 0 Å². The predicted molar refractivity (Wildman–Crippen MR) is 103 cm³/mol. The fourth-order valence-electron chi connectivity index (χ4n) is 2.83. The summed E-state index contributed by atoms with van der Waals surface area (Å²) in [4.78, 5) is 12.8. The Bertz CT molecular complexity index is 1050. The van der Waals surface area contributed by atoms with E-state index in [0.29, 0.717) is 24.6 Å². The summed E-state index contributed by atoms with van der Waals surface area (Å²) in [6.07, 6.45) is 0.277. The van der Waals surface area contributed by atoms with Gasteiger partial charge in [0, 0.05) is 6.07 Å². The first-order valence-corrected chi connectivity index (χ1v) is 8.97. The van der Waals surface area contributed by atoms with Gasteiger partial charge in [-0.3, -0.25) is 4.79 Å². The Hall–Kier alpha value is -3.18. The molecule has 7 nitrogen and oxygen atoms in total. The van der Waals surface area contributed by atoms with Gasteiger partial charge in [0.25, 0.3) is 5.91 Å². The number of hydrogen-bond donors (Lipinski definition) is 1. The van der Waals surface area contributed by atoms with Crippen molar-refractivity contribution in [3.8, 4) is 6.07 Å². The van der Waals surface area contributed by atoms with Gasteiger partial charge < -0.3 is 5.32 Å². The zero-order valence-electron chi connectivity index (χ0n) is 15.4. The number of aromatic nitrogens is 4. The molecule has 28 heavy (non-hydrogen) atoms. The summed E-state index contributed by atoms with van der Waals surface area (Å²) in [5.41, 5.74) is 2.27. The molecule has 1 aromatic carbocycles. The number of hydrogen-bond acceptors (Lipinski definition) is 4. The summed E-state index contributed by atoms with van der Waals surface area (Å²) < 4.78 is 16.1. The lowest BCUT2D eigenvalue weighted by molar-refractivity contribution is 0.102. The summed E-state index contributed by atoms with van der Waals surface area (Å²) in [5.74, 6) is -0.250. The summed E-state index contributed by atoms with van der Waals surface area (Å²) in [5, 5.41) is 20.4. The van der Waals surface area contributed by atoms with Crippen molar-refractivity contribution in [3.63, 3.8) is 0 Å². The second kappa shape index (κ2) is 8.23. The van der Waals surface area contributed by atoms with Gasteiger partial charge in [-0.05, 0) is 31.5 Å². The number of benzene rings is 1. The van der Waals surface area contributed by atoms with Crippen molar-refractivity contribution < 1.29 is 9.18 Å². The second-order valence-electron chi connectivity index (χ2n) is 6.29. The Balaban J connectivity index is 1.82. The van der Waals surface area contributed by atoms with Crippen LogP contribution in [0.1, 0.15) is 33.7 Å². The van der Waals surface area contributed by atoms with E-state index in [1.54, 1.807) is 36.7 Å². The van der Waals surface area contributed by atoms with Crippen LogP contribution in [-0.4, -0.2) is 25.5 Å². The highest BCUT2D eigenvalue weighted by Crippen LogP contribution is 2.23. The molecule has 144 valence electrons. The molecule has 0 fully saturated rings. The molecule has 0 unspecified atom stereocenters. The van der Waals surface area contributed by atoms with Crippen LogP contribution in [0.4, 0.5) is 10.2 Å². The molecule has 2 aromatic heterocycles. The van der Waals surface area contributed by atoms with Crippen LogP contribution in [0.25, 0.3) is 0 Å². The van der Waals surface area contributed by atoms with Crippen molar-refractivity contribution in [2.45, 2.75) is 33.4 Å². The Labute approximate surface area is 166 Å². The first kappa shape index (κ1) is 19.6. The number of nitrogens with zero attached hydrogens (tertiary/aromatic N) is 5. The second-order valence-corrected chi connectivity index (χ2v) is 6.65. The van der Waals surface area contributed by atoms with Gasteiger partial charge in [0.05, 0.1) is 42.5 Å². The summed E-state index contributed by atoms with van der Waals surface area (Å²) in [6.45, 7) is 4.18. The van der Waals surface area contributed by atoms with E-state index < -0.39 is 5.91 Å². The zero-order valence-corrected chi connectivity index (χ0v) is 16.2. The van der Waals surface area contributed by atoms with Crippen LogP contribution >= 0.6 is 11.6 Å². The van der Waals surface area contributed by atoms with E-state index in [0.717, 1.165) is 11.3 Å². The van der Waals surface area contributed by atoms with E-state index in [-0.39, 0.29) is 23.0 Å². The molecule has 0 radical (unpaired) electrons. The highest BCUT2D eigenvalue weighted by atomic mass is 35.5. The van der Waals surface area contributed by atoms with E-state index in [9.17, 15) is 9.18 Å². The molecule has 0 bridgehead atoms. The number of rotatable bonds is 6. The van der Waals surface area contributed by atoms with Crippen molar-refractivity contribution in [2.75, 3.05) is 5.32 Å². The topological polar surface area (TPSA) is 88.5 Å². The third-order valence-electron chi connectivity index (χ3n) is 4.12. The molecule has 0 spiro atoms. The van der Waals surface area contributed by atoms with Gasteiger partial charge in [-0.1, -0.05) is 23.7 Å². The molecule has 9 heteroatoms. The maximum absolute atomic E-state index is 13.1. The molecule has 0 aliphatic rings. The number of amides is 1. The molecule has 0 aliphatic heterocycles. The number of anilines is 1. The Morgan fingerprint density at radius 3 is 2.64 bits per heavy atom. The van der Waals surface area contributed by atoms with Gasteiger partial charge in [0.2, 0.25) is 0 Å². The van der Waals surface area contributed by atoms with Gasteiger partial charge in [0.1, 0.15) is 16.8 Å². The molecule has 0 aliphatic carbocycles. The maximum atomic E-state index is 13.1. The first-order chi connectivity index (χ1) is 13.4. The lowest BCUT2D eigenvalue weighted by Gasteiger charge is -2.08. The minimum atomic E-state index is -0.411. The van der Waals surface area contributed by atoms with Crippen molar-refractivity contribution in [3.05, 3.63) is 63.8 Å². The molecular weight excluding hydrogens is 383 g/mol. The van der Waals surface area contributed by atoms with Crippen LogP contribution < -0.4 is 5.32 Å². The minimum absolute atomic E-state index is 0.194. The van der Waals surface area contributed by atoms with Crippen molar-refractivity contribution in [1.29, 1.82) is 5.26 Å². The van der Waals surface area contributed by atoms with Crippen molar-refractivity contribution in [2.24, 2.45) is 0 Å². The largest absolute Gasteiger partial charge is 0.307 e. The minimum Gasteiger partial charge on any atom is -0.307 e. The van der Waals surface area contributed by atoms with E-state index in [4.69, 9.17) is 16.9 Å². The molecule has 3 aromatic rings. The quantitative estimate of drug-likeness (QED) is 0.683. The number of halogens is 2. The van der Waals surface area contributed by atoms with Gasteiger partial charge >= 0.3 is 0 Å². The van der Waals surface area contributed by atoms with Crippen LogP contribution in [0.5, 0.6) is 0 Å². The number of carbonyl (C=O) groups excluding carboxylic acids is 1. The standard InChI is InChI=1S/C19H18ClFN6O/c1-12-10-16(26(24-12)9-3-8-22)23-19(28)17-13(2)25-27(18(17)20)11-14-4-6-15(21)7-5-14/h4-7,10H,3,9,11H2,1-2H3,(H,23,28). The van der Waals surface area contributed by atoms with Crippen LogP contribution in [0.2, 0.25) is 5.15 Å². The van der Waals surface area contributed by atoms with E-state index >= 15 is 0 Å². The Kier molecular flexibility index (Phi) is 5.76. The zero-order chi connectivity index (χ0) is 20.3. The van der Waals surface area contributed by atoms with Crippen molar-refractivity contribution in [1.82, 2.24) is 19.6 Å². The smallest absolute Gasteiger partial charge is 0.261 e. The van der Waals surface area contributed by atoms with Gasteiger partial charge in [-0.15, -0.1) is 0 Å². The Morgan fingerprint density at radius 2 is 1.96 bits per heavy atom. The number of carbonyl (C=O) groups is 1. The predicted octanol–water partition coefficient (Wildman–Crippen LogP) is 3.70. The third kappa shape index (κ3) is 4.21. The fraction of sp³-hybridized carbons (Fsp3) is 0.263. The first-order valence-electron chi connectivity index (χ1n) is 8.59.